The van der Waals surface area contributed by atoms with Crippen LogP contribution in [0.5, 0.6) is 23.0 Å². The molecule has 7 nitrogen and oxygen atoms in total. The normalized spacial score (nSPS) is 17.2. The first-order chi connectivity index (χ1) is 15.6. The van der Waals surface area contributed by atoms with Crippen LogP contribution in [0.15, 0.2) is 49.1 Å². The molecule has 1 saturated heterocycles. The topological polar surface area (TPSA) is 63.6 Å². The zero-order chi connectivity index (χ0) is 22.3. The Morgan fingerprint density at radius 2 is 1.75 bits per heavy atom. The number of nitrogens with zero attached hydrogens (tertiary/aromatic N) is 2. The third-order valence-corrected chi connectivity index (χ3v) is 5.82. The maximum absolute atomic E-state index is 10.5. The number of aliphatic hydroxyl groups is 1. The van der Waals surface area contributed by atoms with Crippen LogP contribution in [-0.2, 0) is 13.0 Å². The summed E-state index contributed by atoms with van der Waals surface area (Å²) in [6.07, 6.45) is 2.07. The molecule has 0 radical (unpaired) electrons. The summed E-state index contributed by atoms with van der Waals surface area (Å²) in [7, 11) is 1.62. The van der Waals surface area contributed by atoms with Gasteiger partial charge < -0.3 is 24.1 Å². The molecular formula is C25H32N2O5. The summed E-state index contributed by atoms with van der Waals surface area (Å²) in [5.74, 6) is 2.97. The standard InChI is InChI=1S/C25H32N2O5/c1-3-4-19-5-7-22(24(13-19)29-2)30-17-21(28)16-27-11-9-26(10-12-27)15-20-6-8-23-25(14-20)32-18-31-23/h3,5-8,13-14,21,28H,1,4,9-12,15-18H2,2H3/t21-/m1/s1. The third-order valence-electron chi connectivity index (χ3n) is 5.82. The van der Waals surface area contributed by atoms with E-state index >= 15 is 0 Å². The first-order valence-corrected chi connectivity index (χ1v) is 11.1. The molecule has 32 heavy (non-hydrogen) atoms. The summed E-state index contributed by atoms with van der Waals surface area (Å²) in [5.41, 5.74) is 2.34. The Kier molecular flexibility index (Phi) is 7.52. The average Bonchev–Trinajstić information content (AvgIpc) is 3.27. The molecule has 1 atom stereocenters. The fourth-order valence-electron chi connectivity index (χ4n) is 4.09. The van der Waals surface area contributed by atoms with Crippen LogP contribution in [0.25, 0.3) is 0 Å². The highest BCUT2D eigenvalue weighted by Gasteiger charge is 2.21. The lowest BCUT2D eigenvalue weighted by atomic mass is 10.1. The number of allylic oxidation sites excluding steroid dienone is 1. The molecule has 0 aliphatic carbocycles. The molecular weight excluding hydrogens is 408 g/mol. The van der Waals surface area contributed by atoms with Gasteiger partial charge in [-0.2, -0.15) is 0 Å². The zero-order valence-electron chi connectivity index (χ0n) is 18.7. The number of β-amino-alcohol motifs (C(OH)–C–C–N with tert-alkyl or cyclic N) is 1. The van der Waals surface area contributed by atoms with E-state index in [1.165, 1.54) is 5.56 Å². The van der Waals surface area contributed by atoms with Gasteiger partial charge in [-0.3, -0.25) is 9.80 Å². The maximum Gasteiger partial charge on any atom is 0.231 e. The Balaban J connectivity index is 1.20. The van der Waals surface area contributed by atoms with Crippen LogP contribution in [0.1, 0.15) is 11.1 Å². The number of piperazine rings is 1. The number of aliphatic hydroxyl groups excluding tert-OH is 1. The predicted molar refractivity (Wildman–Crippen MR) is 123 cm³/mol. The van der Waals surface area contributed by atoms with Gasteiger partial charge in [-0.15, -0.1) is 6.58 Å². The van der Waals surface area contributed by atoms with Crippen LogP contribution >= 0.6 is 0 Å². The SMILES string of the molecule is C=CCc1ccc(OC[C@H](O)CN2CCN(Cc3ccc4c(c3)OCO4)CC2)c(OC)c1. The Hall–Kier alpha value is -2.74. The lowest BCUT2D eigenvalue weighted by Gasteiger charge is -2.35. The van der Waals surface area contributed by atoms with Crippen molar-refractivity contribution in [1.29, 1.82) is 0 Å². The molecule has 1 fully saturated rings. The van der Waals surface area contributed by atoms with Gasteiger partial charge in [-0.1, -0.05) is 18.2 Å². The van der Waals surface area contributed by atoms with E-state index in [1.54, 1.807) is 7.11 Å². The highest BCUT2D eigenvalue weighted by atomic mass is 16.7. The van der Waals surface area contributed by atoms with Crippen molar-refractivity contribution in [3.05, 3.63) is 60.2 Å². The van der Waals surface area contributed by atoms with E-state index in [0.717, 1.165) is 56.2 Å². The average molecular weight is 441 g/mol. The van der Waals surface area contributed by atoms with E-state index in [9.17, 15) is 5.11 Å². The molecule has 2 aliphatic heterocycles. The molecule has 0 amide bonds. The second-order valence-corrected chi connectivity index (χ2v) is 8.21. The van der Waals surface area contributed by atoms with E-state index < -0.39 is 6.10 Å². The summed E-state index contributed by atoms with van der Waals surface area (Å²) in [4.78, 5) is 4.71. The third kappa shape index (κ3) is 5.73. The first-order valence-electron chi connectivity index (χ1n) is 11.1. The molecule has 2 aromatic rings. The number of fused-ring (bicyclic) bond motifs is 1. The molecule has 0 aromatic heterocycles. The minimum Gasteiger partial charge on any atom is -0.493 e. The minimum atomic E-state index is -0.562. The number of hydrogen-bond donors (Lipinski definition) is 1. The molecule has 2 aliphatic rings. The monoisotopic (exact) mass is 440 g/mol. The quantitative estimate of drug-likeness (QED) is 0.570. The molecule has 0 unspecified atom stereocenters. The van der Waals surface area contributed by atoms with E-state index in [2.05, 4.69) is 28.5 Å². The van der Waals surface area contributed by atoms with E-state index in [-0.39, 0.29) is 6.61 Å². The Morgan fingerprint density at radius 3 is 2.53 bits per heavy atom. The fraction of sp³-hybridized carbons (Fsp3) is 0.440. The van der Waals surface area contributed by atoms with Crippen molar-refractivity contribution in [2.24, 2.45) is 0 Å². The molecule has 7 heteroatoms. The second-order valence-electron chi connectivity index (χ2n) is 8.21. The summed E-state index contributed by atoms with van der Waals surface area (Å²) in [5, 5.41) is 10.5. The molecule has 2 heterocycles. The van der Waals surface area contributed by atoms with Crippen molar-refractivity contribution in [3.8, 4) is 23.0 Å². The lowest BCUT2D eigenvalue weighted by molar-refractivity contribution is 0.0440. The van der Waals surface area contributed by atoms with Crippen molar-refractivity contribution < 1.29 is 24.1 Å². The van der Waals surface area contributed by atoms with Crippen LogP contribution in [0.4, 0.5) is 0 Å². The van der Waals surface area contributed by atoms with Gasteiger partial charge in [0.2, 0.25) is 6.79 Å². The number of hydrogen-bond acceptors (Lipinski definition) is 7. The van der Waals surface area contributed by atoms with E-state index in [0.29, 0.717) is 24.8 Å². The maximum atomic E-state index is 10.5. The van der Waals surface area contributed by atoms with Crippen LogP contribution < -0.4 is 18.9 Å². The van der Waals surface area contributed by atoms with Gasteiger partial charge in [-0.05, 0) is 41.8 Å². The summed E-state index contributed by atoms with van der Waals surface area (Å²) >= 11 is 0. The molecule has 172 valence electrons. The zero-order valence-corrected chi connectivity index (χ0v) is 18.7. The van der Waals surface area contributed by atoms with E-state index in [1.807, 2.05) is 30.3 Å². The summed E-state index contributed by atoms with van der Waals surface area (Å²) in [6.45, 7) is 9.53. The molecule has 0 bridgehead atoms. The summed E-state index contributed by atoms with van der Waals surface area (Å²) < 4.78 is 22.1. The Labute approximate surface area is 189 Å². The van der Waals surface area contributed by atoms with Gasteiger partial charge in [-0.25, -0.2) is 0 Å². The predicted octanol–water partition coefficient (Wildman–Crippen LogP) is 2.71. The number of benzene rings is 2. The smallest absolute Gasteiger partial charge is 0.231 e. The second kappa shape index (κ2) is 10.7. The number of rotatable bonds is 10. The fourth-order valence-corrected chi connectivity index (χ4v) is 4.09. The highest BCUT2D eigenvalue weighted by molar-refractivity contribution is 5.44. The lowest BCUT2D eigenvalue weighted by Crippen LogP contribution is -2.48. The molecule has 4 rings (SSSR count). The Morgan fingerprint density at radius 1 is 1.00 bits per heavy atom. The van der Waals surface area contributed by atoms with Gasteiger partial charge >= 0.3 is 0 Å². The van der Waals surface area contributed by atoms with Crippen molar-refractivity contribution in [2.75, 3.05) is 53.2 Å². The van der Waals surface area contributed by atoms with Crippen molar-refractivity contribution in [2.45, 2.75) is 19.1 Å². The molecule has 0 saturated carbocycles. The van der Waals surface area contributed by atoms with Crippen LogP contribution in [0, 0.1) is 0 Å². The number of methoxy groups -OCH3 is 1. The van der Waals surface area contributed by atoms with Crippen LogP contribution in [-0.4, -0.2) is 74.2 Å². The van der Waals surface area contributed by atoms with Gasteiger partial charge in [0.25, 0.3) is 0 Å². The minimum absolute atomic E-state index is 0.231. The van der Waals surface area contributed by atoms with Gasteiger partial charge in [0, 0.05) is 39.3 Å². The van der Waals surface area contributed by atoms with Gasteiger partial charge in [0.15, 0.2) is 23.0 Å². The highest BCUT2D eigenvalue weighted by Crippen LogP contribution is 2.33. The van der Waals surface area contributed by atoms with Crippen molar-refractivity contribution in [1.82, 2.24) is 9.80 Å². The van der Waals surface area contributed by atoms with Crippen LogP contribution in [0.2, 0.25) is 0 Å². The Bertz CT molecular complexity index is 911. The first kappa shape index (κ1) is 22.5. The van der Waals surface area contributed by atoms with Gasteiger partial charge in [0.05, 0.1) is 7.11 Å². The number of ether oxygens (including phenoxy) is 4. The molecule has 2 aromatic carbocycles. The van der Waals surface area contributed by atoms with Crippen LogP contribution in [0.3, 0.4) is 0 Å². The molecule has 1 N–H and O–H groups in total. The van der Waals surface area contributed by atoms with Crippen molar-refractivity contribution in [3.63, 3.8) is 0 Å². The van der Waals surface area contributed by atoms with E-state index in [4.69, 9.17) is 18.9 Å². The van der Waals surface area contributed by atoms with Gasteiger partial charge in [0.1, 0.15) is 12.7 Å². The largest absolute Gasteiger partial charge is 0.493 e. The van der Waals surface area contributed by atoms with Crippen molar-refractivity contribution >= 4 is 0 Å². The summed E-state index contributed by atoms with van der Waals surface area (Å²) in [6, 6.07) is 12.0. The molecule has 0 spiro atoms.